The zero-order valence-electron chi connectivity index (χ0n) is 22.7. The van der Waals surface area contributed by atoms with Gasteiger partial charge in [-0.1, -0.05) is 0 Å². The van der Waals surface area contributed by atoms with Crippen molar-refractivity contribution in [1.29, 1.82) is 0 Å². The van der Waals surface area contributed by atoms with Crippen LogP contribution < -0.4 is 14.4 Å². The number of anilines is 2. The van der Waals surface area contributed by atoms with Crippen LogP contribution in [0.25, 0.3) is 22.3 Å². The van der Waals surface area contributed by atoms with E-state index in [1.54, 1.807) is 31.3 Å². The molecule has 5 rings (SSSR count). The lowest BCUT2D eigenvalue weighted by atomic mass is 9.94. The van der Waals surface area contributed by atoms with Crippen LogP contribution in [0.1, 0.15) is 19.3 Å². The molecule has 0 spiro atoms. The van der Waals surface area contributed by atoms with Gasteiger partial charge in [-0.15, -0.1) is 0 Å². The van der Waals surface area contributed by atoms with Gasteiger partial charge in [0.1, 0.15) is 11.5 Å². The predicted octanol–water partition coefficient (Wildman–Crippen LogP) is 5.19. The lowest BCUT2D eigenvalue weighted by Gasteiger charge is -2.34. The van der Waals surface area contributed by atoms with Gasteiger partial charge in [-0.25, -0.2) is 4.98 Å². The second kappa shape index (κ2) is 12.4. The number of benzene rings is 2. The summed E-state index contributed by atoms with van der Waals surface area (Å²) in [5, 5.41) is 4.27. The Morgan fingerprint density at radius 3 is 2.41 bits per heavy atom. The minimum absolute atomic E-state index is 0.184. The smallest absolute Gasteiger partial charge is 0.124 e. The van der Waals surface area contributed by atoms with Crippen LogP contribution >= 0.6 is 0 Å². The molecule has 39 heavy (non-hydrogen) atoms. The highest BCUT2D eigenvalue weighted by Crippen LogP contribution is 2.34. The number of halogens is 1. The van der Waals surface area contributed by atoms with Gasteiger partial charge < -0.3 is 19.3 Å². The van der Waals surface area contributed by atoms with Gasteiger partial charge in [-0.3, -0.25) is 9.67 Å². The Balaban J connectivity index is 1.43. The molecule has 0 N–H and O–H groups in total. The van der Waals surface area contributed by atoms with Gasteiger partial charge in [0.05, 0.1) is 49.9 Å². The number of rotatable bonds is 11. The van der Waals surface area contributed by atoms with Crippen LogP contribution in [-0.2, 0) is 12.0 Å². The van der Waals surface area contributed by atoms with E-state index in [9.17, 15) is 4.53 Å². The minimum atomic E-state index is 0.184. The molecule has 0 unspecified atom stereocenters. The molecule has 0 bridgehead atoms. The fraction of sp³-hybridized carbons (Fsp3) is 0.414. The van der Waals surface area contributed by atoms with Crippen LogP contribution in [0.5, 0.6) is 11.5 Å². The van der Waals surface area contributed by atoms with Crippen LogP contribution in [0.4, 0.5) is 15.9 Å². The Morgan fingerprint density at radius 2 is 1.74 bits per heavy atom. The SMILES string of the molecule is COc1cc(OC)cc(N(CCN2CCC(CCOF)CC2)c2ccc3ncc(-c4cnn(C)c4)nc3c2)c1. The maximum Gasteiger partial charge on any atom is 0.124 e. The Bertz CT molecular complexity index is 1370. The Kier molecular flexibility index (Phi) is 8.53. The maximum absolute atomic E-state index is 12.1. The molecule has 1 aliphatic rings. The number of aromatic nitrogens is 4. The van der Waals surface area contributed by atoms with E-state index in [0.717, 1.165) is 90.6 Å². The van der Waals surface area contributed by atoms with Crippen molar-refractivity contribution < 1.29 is 18.9 Å². The highest BCUT2D eigenvalue weighted by molar-refractivity contribution is 5.82. The third kappa shape index (κ3) is 6.46. The molecule has 2 aromatic carbocycles. The minimum Gasteiger partial charge on any atom is -0.497 e. The summed E-state index contributed by atoms with van der Waals surface area (Å²) in [5.41, 5.74) is 5.32. The van der Waals surface area contributed by atoms with Crippen molar-refractivity contribution in [2.45, 2.75) is 19.3 Å². The Labute approximate surface area is 228 Å². The van der Waals surface area contributed by atoms with Crippen molar-refractivity contribution in [3.8, 4) is 22.8 Å². The second-order valence-corrected chi connectivity index (χ2v) is 9.94. The summed E-state index contributed by atoms with van der Waals surface area (Å²) >= 11 is 0. The number of methoxy groups -OCH3 is 2. The summed E-state index contributed by atoms with van der Waals surface area (Å²) in [6.07, 6.45) is 8.40. The summed E-state index contributed by atoms with van der Waals surface area (Å²) in [7, 11) is 5.20. The molecule has 1 fully saturated rings. The summed E-state index contributed by atoms with van der Waals surface area (Å²) in [5.74, 6) is 1.97. The zero-order valence-corrected chi connectivity index (χ0v) is 22.7. The monoisotopic (exact) mass is 534 g/mol. The van der Waals surface area contributed by atoms with Crippen LogP contribution in [0.15, 0.2) is 55.0 Å². The van der Waals surface area contributed by atoms with Crippen molar-refractivity contribution in [3.63, 3.8) is 0 Å². The van der Waals surface area contributed by atoms with Gasteiger partial charge in [0.15, 0.2) is 0 Å². The van der Waals surface area contributed by atoms with Crippen molar-refractivity contribution >= 4 is 22.4 Å². The molecule has 3 heterocycles. The number of fused-ring (bicyclic) bond motifs is 1. The van der Waals surface area contributed by atoms with Gasteiger partial charge in [-0.2, -0.15) is 10.0 Å². The summed E-state index contributed by atoms with van der Waals surface area (Å²) in [6, 6.07) is 12.1. The topological polar surface area (TPSA) is 77.8 Å². The highest BCUT2D eigenvalue weighted by Gasteiger charge is 2.21. The van der Waals surface area contributed by atoms with Crippen molar-refractivity contribution in [3.05, 3.63) is 55.0 Å². The van der Waals surface area contributed by atoms with E-state index < -0.39 is 0 Å². The first-order valence-corrected chi connectivity index (χ1v) is 13.3. The predicted molar refractivity (Wildman–Crippen MR) is 149 cm³/mol. The maximum atomic E-state index is 12.1. The fourth-order valence-corrected chi connectivity index (χ4v) is 5.17. The number of nitrogens with zero attached hydrogens (tertiary/aromatic N) is 6. The van der Waals surface area contributed by atoms with Crippen molar-refractivity contribution in [1.82, 2.24) is 24.6 Å². The molecule has 0 amide bonds. The first kappa shape index (κ1) is 26.8. The first-order chi connectivity index (χ1) is 19.1. The molecule has 10 heteroatoms. The average molecular weight is 535 g/mol. The third-order valence-electron chi connectivity index (χ3n) is 7.44. The number of likely N-dealkylation sites (tertiary alicyclic amines) is 1. The first-order valence-electron chi connectivity index (χ1n) is 13.3. The normalized spacial score (nSPS) is 14.6. The Morgan fingerprint density at radius 1 is 0.974 bits per heavy atom. The van der Waals surface area contributed by atoms with Crippen molar-refractivity contribution in [2.24, 2.45) is 13.0 Å². The van der Waals surface area contributed by atoms with E-state index in [0.29, 0.717) is 5.92 Å². The standard InChI is InChI=1S/C29H35FN6O3/c1-34-20-22(18-32-34)29-19-31-27-5-4-23(16-28(27)33-29)36(24-14-25(37-2)17-26(15-24)38-3)12-11-35-9-6-21(7-10-35)8-13-39-30/h4-5,14-21H,6-13H2,1-3H3. The van der Waals surface area contributed by atoms with Gasteiger partial charge >= 0.3 is 0 Å². The molecule has 1 aliphatic heterocycles. The second-order valence-electron chi connectivity index (χ2n) is 9.94. The van der Waals surface area contributed by atoms with E-state index in [1.807, 2.05) is 37.5 Å². The van der Waals surface area contributed by atoms with Gasteiger partial charge in [0.2, 0.25) is 0 Å². The molecular weight excluding hydrogens is 499 g/mol. The van der Waals surface area contributed by atoms with Crippen molar-refractivity contribution in [2.75, 3.05) is 51.9 Å². The molecule has 0 atom stereocenters. The number of hydrogen-bond acceptors (Lipinski definition) is 8. The number of piperidine rings is 1. The van der Waals surface area contributed by atoms with Crippen LogP contribution in [0.3, 0.4) is 0 Å². The van der Waals surface area contributed by atoms with Crippen LogP contribution in [-0.4, -0.2) is 71.7 Å². The lowest BCUT2D eigenvalue weighted by Crippen LogP contribution is -2.38. The van der Waals surface area contributed by atoms with Gasteiger partial charge in [0.25, 0.3) is 0 Å². The zero-order chi connectivity index (χ0) is 27.2. The van der Waals surface area contributed by atoms with E-state index in [1.165, 1.54) is 0 Å². The molecule has 0 saturated carbocycles. The molecule has 206 valence electrons. The molecule has 2 aromatic heterocycles. The Hall–Kier alpha value is -3.76. The molecule has 0 radical (unpaired) electrons. The number of ether oxygens (including phenoxy) is 2. The largest absolute Gasteiger partial charge is 0.497 e. The number of hydrogen-bond donors (Lipinski definition) is 0. The van der Waals surface area contributed by atoms with Gasteiger partial charge in [0, 0.05) is 61.5 Å². The molecule has 1 saturated heterocycles. The molecular formula is C29H35FN6O3. The highest BCUT2D eigenvalue weighted by atomic mass is 19.3. The molecule has 0 aliphatic carbocycles. The van der Waals surface area contributed by atoms with E-state index in [-0.39, 0.29) is 6.61 Å². The lowest BCUT2D eigenvalue weighted by molar-refractivity contribution is -0.136. The van der Waals surface area contributed by atoms with E-state index >= 15 is 0 Å². The quantitative estimate of drug-likeness (QED) is 0.260. The van der Waals surface area contributed by atoms with E-state index in [2.05, 4.69) is 37.0 Å². The van der Waals surface area contributed by atoms with E-state index in [4.69, 9.17) is 14.5 Å². The van der Waals surface area contributed by atoms with Gasteiger partial charge in [-0.05, 0) is 61.0 Å². The average Bonchev–Trinajstić information content (AvgIpc) is 3.42. The van der Waals surface area contributed by atoms with Crippen LogP contribution in [0, 0.1) is 5.92 Å². The summed E-state index contributed by atoms with van der Waals surface area (Å²) in [6.45, 7) is 3.80. The summed E-state index contributed by atoms with van der Waals surface area (Å²) < 4.78 is 25.0. The third-order valence-corrected chi connectivity index (χ3v) is 7.44. The number of aryl methyl sites for hydroxylation is 1. The van der Waals surface area contributed by atoms with Crippen LogP contribution in [0.2, 0.25) is 0 Å². The summed E-state index contributed by atoms with van der Waals surface area (Å²) in [4.78, 5) is 18.1. The molecule has 9 nitrogen and oxygen atoms in total. The fourth-order valence-electron chi connectivity index (χ4n) is 5.17. The molecule has 4 aromatic rings.